The van der Waals surface area contributed by atoms with Gasteiger partial charge < -0.3 is 9.88 Å². The Morgan fingerprint density at radius 3 is 2.84 bits per heavy atom. The highest BCUT2D eigenvalue weighted by molar-refractivity contribution is 6.31. The van der Waals surface area contributed by atoms with Crippen LogP contribution in [0.5, 0.6) is 0 Å². The average Bonchev–Trinajstić information content (AvgIpc) is 2.80. The highest BCUT2D eigenvalue weighted by Crippen LogP contribution is 2.21. The first-order valence-corrected chi connectivity index (χ1v) is 7.03. The molecule has 3 rings (SSSR count). The number of hydrazine groups is 1. The van der Waals surface area contributed by atoms with Crippen molar-refractivity contribution in [3.63, 3.8) is 0 Å². The summed E-state index contributed by atoms with van der Waals surface area (Å²) in [7, 11) is 2.17. The van der Waals surface area contributed by atoms with Crippen LogP contribution in [0.15, 0.2) is 24.4 Å². The number of piperazine rings is 1. The maximum atomic E-state index is 5.99. The summed E-state index contributed by atoms with van der Waals surface area (Å²) in [5.41, 5.74) is 5.89. The molecule has 4 nitrogen and oxygen atoms in total. The van der Waals surface area contributed by atoms with Gasteiger partial charge in [-0.15, -0.1) is 0 Å². The fourth-order valence-corrected chi connectivity index (χ4v) is 2.64. The standard InChI is InChI=1S/C14H19ClN4/c1-18-4-6-19(7-5-18)17-10-11-9-16-14-8-12(15)2-3-13(11)14/h2-3,8-9,16-17H,4-7,10H2,1H3. The molecule has 1 aromatic heterocycles. The predicted molar refractivity (Wildman–Crippen MR) is 79.2 cm³/mol. The summed E-state index contributed by atoms with van der Waals surface area (Å²) in [6.45, 7) is 5.24. The molecule has 1 aliphatic heterocycles. The summed E-state index contributed by atoms with van der Waals surface area (Å²) in [5.74, 6) is 0. The van der Waals surface area contributed by atoms with Gasteiger partial charge in [0.1, 0.15) is 0 Å². The third-order valence-corrected chi connectivity index (χ3v) is 3.96. The normalized spacial score (nSPS) is 18.2. The Morgan fingerprint density at radius 1 is 1.26 bits per heavy atom. The van der Waals surface area contributed by atoms with Crippen LogP contribution >= 0.6 is 11.6 Å². The first-order valence-electron chi connectivity index (χ1n) is 6.65. The minimum Gasteiger partial charge on any atom is -0.361 e. The topological polar surface area (TPSA) is 34.3 Å². The molecule has 0 radical (unpaired) electrons. The quantitative estimate of drug-likeness (QED) is 0.902. The Morgan fingerprint density at radius 2 is 2.05 bits per heavy atom. The number of rotatable bonds is 3. The molecular weight excluding hydrogens is 260 g/mol. The molecule has 0 bridgehead atoms. The number of hydrogen-bond donors (Lipinski definition) is 2. The van der Waals surface area contributed by atoms with Crippen molar-refractivity contribution in [3.8, 4) is 0 Å². The molecule has 2 heterocycles. The summed E-state index contributed by atoms with van der Waals surface area (Å²) in [5, 5.41) is 4.31. The van der Waals surface area contributed by atoms with Gasteiger partial charge in [-0.1, -0.05) is 17.7 Å². The van der Waals surface area contributed by atoms with Gasteiger partial charge in [0.05, 0.1) is 0 Å². The Bertz CT molecular complexity index is 558. The molecule has 0 atom stereocenters. The Balaban J connectivity index is 1.65. The highest BCUT2D eigenvalue weighted by Gasteiger charge is 2.13. The molecule has 2 N–H and O–H groups in total. The van der Waals surface area contributed by atoms with Gasteiger partial charge in [0.25, 0.3) is 0 Å². The Hall–Kier alpha value is -1.07. The molecule has 102 valence electrons. The summed E-state index contributed by atoms with van der Waals surface area (Å²) in [6, 6.07) is 5.99. The third-order valence-electron chi connectivity index (χ3n) is 3.73. The van der Waals surface area contributed by atoms with Crippen LogP contribution in [-0.2, 0) is 6.54 Å². The van der Waals surface area contributed by atoms with E-state index in [0.29, 0.717) is 0 Å². The van der Waals surface area contributed by atoms with Crippen LogP contribution in [0.1, 0.15) is 5.56 Å². The number of likely N-dealkylation sites (N-methyl/N-ethyl adjacent to an activating group) is 1. The van der Waals surface area contributed by atoms with Crippen molar-refractivity contribution >= 4 is 22.5 Å². The van der Waals surface area contributed by atoms with Crippen LogP contribution in [0, 0.1) is 0 Å². The van der Waals surface area contributed by atoms with Gasteiger partial charge in [-0.2, -0.15) is 0 Å². The van der Waals surface area contributed by atoms with Crippen LogP contribution in [0.25, 0.3) is 10.9 Å². The Kier molecular flexibility index (Phi) is 3.75. The zero-order valence-corrected chi connectivity index (χ0v) is 11.9. The van der Waals surface area contributed by atoms with E-state index in [2.05, 4.69) is 39.6 Å². The summed E-state index contributed by atoms with van der Waals surface area (Å²) < 4.78 is 0. The van der Waals surface area contributed by atoms with Gasteiger partial charge in [0.2, 0.25) is 0 Å². The molecule has 19 heavy (non-hydrogen) atoms. The first-order chi connectivity index (χ1) is 9.22. The van der Waals surface area contributed by atoms with E-state index in [-0.39, 0.29) is 0 Å². The molecule has 5 heteroatoms. The van der Waals surface area contributed by atoms with E-state index in [4.69, 9.17) is 11.6 Å². The number of aromatic nitrogens is 1. The van der Waals surface area contributed by atoms with Crippen LogP contribution in [0.3, 0.4) is 0 Å². The summed E-state index contributed by atoms with van der Waals surface area (Å²) >= 11 is 5.99. The number of benzene rings is 1. The van der Waals surface area contributed by atoms with Gasteiger partial charge in [0.15, 0.2) is 0 Å². The molecule has 2 aromatic rings. The van der Waals surface area contributed by atoms with Crippen LogP contribution in [0.2, 0.25) is 5.02 Å². The molecule has 0 aliphatic carbocycles. The second-order valence-corrected chi connectivity index (χ2v) is 5.57. The second kappa shape index (κ2) is 5.51. The van der Waals surface area contributed by atoms with E-state index < -0.39 is 0 Å². The maximum Gasteiger partial charge on any atom is 0.0472 e. The van der Waals surface area contributed by atoms with Crippen molar-refractivity contribution in [1.29, 1.82) is 0 Å². The number of H-pyrrole nitrogens is 1. The van der Waals surface area contributed by atoms with Crippen molar-refractivity contribution < 1.29 is 0 Å². The molecule has 0 saturated carbocycles. The van der Waals surface area contributed by atoms with E-state index in [9.17, 15) is 0 Å². The molecule has 1 fully saturated rings. The van der Waals surface area contributed by atoms with Crippen molar-refractivity contribution in [2.75, 3.05) is 33.2 Å². The minimum atomic E-state index is 0.771. The zero-order chi connectivity index (χ0) is 13.2. The van der Waals surface area contributed by atoms with Crippen molar-refractivity contribution in [1.82, 2.24) is 20.3 Å². The number of halogens is 1. The molecule has 0 unspecified atom stereocenters. The van der Waals surface area contributed by atoms with Gasteiger partial charge in [-0.05, 0) is 24.7 Å². The largest absolute Gasteiger partial charge is 0.361 e. The van der Waals surface area contributed by atoms with Crippen LogP contribution in [-0.4, -0.2) is 48.1 Å². The first kappa shape index (κ1) is 12.9. The van der Waals surface area contributed by atoms with E-state index in [1.165, 1.54) is 10.9 Å². The van der Waals surface area contributed by atoms with E-state index in [1.54, 1.807) is 0 Å². The van der Waals surface area contributed by atoms with E-state index in [1.807, 2.05) is 12.1 Å². The summed E-state index contributed by atoms with van der Waals surface area (Å²) in [6.07, 6.45) is 2.06. The van der Waals surface area contributed by atoms with Gasteiger partial charge >= 0.3 is 0 Å². The van der Waals surface area contributed by atoms with E-state index in [0.717, 1.165) is 43.3 Å². The highest BCUT2D eigenvalue weighted by atomic mass is 35.5. The number of fused-ring (bicyclic) bond motifs is 1. The van der Waals surface area contributed by atoms with Gasteiger partial charge in [0, 0.05) is 54.8 Å². The smallest absolute Gasteiger partial charge is 0.0472 e. The summed E-state index contributed by atoms with van der Waals surface area (Å²) in [4.78, 5) is 5.63. The molecule has 1 aromatic carbocycles. The van der Waals surface area contributed by atoms with Crippen LogP contribution < -0.4 is 5.43 Å². The SMILES string of the molecule is CN1CCN(NCc2c[nH]c3cc(Cl)ccc23)CC1. The fraction of sp³-hybridized carbons (Fsp3) is 0.429. The molecular formula is C14H19ClN4. The predicted octanol–water partition coefficient (Wildman–Crippen LogP) is 2.07. The van der Waals surface area contributed by atoms with Crippen molar-refractivity contribution in [2.24, 2.45) is 0 Å². The maximum absolute atomic E-state index is 5.99. The number of nitrogens with one attached hydrogen (secondary N) is 2. The van der Waals surface area contributed by atoms with Crippen molar-refractivity contribution in [2.45, 2.75) is 6.54 Å². The molecule has 0 spiro atoms. The average molecular weight is 279 g/mol. The molecule has 0 amide bonds. The van der Waals surface area contributed by atoms with Crippen LogP contribution in [0.4, 0.5) is 0 Å². The minimum absolute atomic E-state index is 0.771. The number of aromatic amines is 1. The fourth-order valence-electron chi connectivity index (χ4n) is 2.47. The van der Waals surface area contributed by atoms with Gasteiger partial charge in [-0.25, -0.2) is 5.01 Å². The lowest BCUT2D eigenvalue weighted by atomic mass is 10.2. The monoisotopic (exact) mass is 278 g/mol. The lowest BCUT2D eigenvalue weighted by Crippen LogP contribution is -2.50. The zero-order valence-electron chi connectivity index (χ0n) is 11.1. The second-order valence-electron chi connectivity index (χ2n) is 5.13. The Labute approximate surface area is 118 Å². The third kappa shape index (κ3) is 2.92. The van der Waals surface area contributed by atoms with E-state index >= 15 is 0 Å². The number of hydrogen-bond acceptors (Lipinski definition) is 3. The van der Waals surface area contributed by atoms with Gasteiger partial charge in [-0.3, -0.25) is 5.43 Å². The lowest BCUT2D eigenvalue weighted by Gasteiger charge is -2.32. The van der Waals surface area contributed by atoms with Crippen molar-refractivity contribution in [3.05, 3.63) is 35.0 Å². The lowest BCUT2D eigenvalue weighted by molar-refractivity contribution is 0.102. The number of nitrogens with zero attached hydrogens (tertiary/aromatic N) is 2. The molecule has 1 saturated heterocycles. The molecule has 1 aliphatic rings.